The van der Waals surface area contributed by atoms with E-state index in [1.165, 1.54) is 0 Å². The van der Waals surface area contributed by atoms with Crippen molar-refractivity contribution < 1.29 is 9.90 Å². The van der Waals surface area contributed by atoms with Gasteiger partial charge in [0.2, 0.25) is 5.91 Å². The molecule has 5 nitrogen and oxygen atoms in total. The predicted molar refractivity (Wildman–Crippen MR) is 86.7 cm³/mol. The summed E-state index contributed by atoms with van der Waals surface area (Å²) in [5.74, 6) is 0.140. The second kappa shape index (κ2) is 7.12. The molecule has 1 amide bonds. The number of benzene rings is 1. The number of amides is 1. The zero-order chi connectivity index (χ0) is 16.2. The number of rotatable bonds is 3. The number of hydrogen-bond donors (Lipinski definition) is 1. The Bertz CT molecular complexity index is 585. The number of aliphatic hydroxyl groups excluding tert-OH is 1. The molecule has 1 aromatic carbocycles. The maximum Gasteiger partial charge on any atom is 0.227 e. The summed E-state index contributed by atoms with van der Waals surface area (Å²) in [6.45, 7) is 3.17. The molecule has 1 aliphatic carbocycles. The molecule has 1 aromatic rings. The Kier molecular flexibility index (Phi) is 4.94. The third-order valence-corrected chi connectivity index (χ3v) is 5.02. The highest BCUT2D eigenvalue weighted by atomic mass is 16.3. The second-order valence-electron chi connectivity index (χ2n) is 6.47. The number of aliphatic hydroxyl groups is 1. The highest BCUT2D eigenvalue weighted by molar-refractivity contribution is 5.79. The van der Waals surface area contributed by atoms with Crippen molar-refractivity contribution in [3.8, 4) is 6.07 Å². The van der Waals surface area contributed by atoms with Gasteiger partial charge >= 0.3 is 0 Å². The van der Waals surface area contributed by atoms with Gasteiger partial charge in [-0.1, -0.05) is 12.1 Å². The van der Waals surface area contributed by atoms with E-state index >= 15 is 0 Å². The van der Waals surface area contributed by atoms with Crippen LogP contribution in [0.4, 0.5) is 0 Å². The zero-order valence-corrected chi connectivity index (χ0v) is 13.3. The Labute approximate surface area is 137 Å². The normalized spacial score (nSPS) is 25.3. The fourth-order valence-electron chi connectivity index (χ4n) is 3.63. The number of nitriles is 1. The maximum atomic E-state index is 12.4. The molecule has 1 saturated heterocycles. The molecule has 0 spiro atoms. The Morgan fingerprint density at radius 1 is 1.17 bits per heavy atom. The van der Waals surface area contributed by atoms with Crippen molar-refractivity contribution in [2.75, 3.05) is 26.2 Å². The van der Waals surface area contributed by atoms with Crippen molar-refractivity contribution in [2.24, 2.45) is 0 Å². The fourth-order valence-corrected chi connectivity index (χ4v) is 3.63. The topological polar surface area (TPSA) is 67.6 Å². The minimum Gasteiger partial charge on any atom is -0.391 e. The van der Waals surface area contributed by atoms with Crippen molar-refractivity contribution in [1.29, 1.82) is 5.26 Å². The molecule has 122 valence electrons. The van der Waals surface area contributed by atoms with Crippen LogP contribution in [0.15, 0.2) is 24.3 Å². The average Bonchev–Trinajstić information content (AvgIpc) is 3.02. The molecule has 0 bridgehead atoms. The van der Waals surface area contributed by atoms with Crippen LogP contribution >= 0.6 is 0 Å². The first-order valence-corrected chi connectivity index (χ1v) is 8.36. The lowest BCUT2D eigenvalue weighted by Crippen LogP contribution is -2.53. The average molecular weight is 313 g/mol. The Balaban J connectivity index is 1.50. The minimum absolute atomic E-state index is 0.140. The third kappa shape index (κ3) is 3.72. The molecule has 2 atom stereocenters. The number of hydrogen-bond acceptors (Lipinski definition) is 4. The van der Waals surface area contributed by atoms with E-state index in [-0.39, 0.29) is 18.1 Å². The van der Waals surface area contributed by atoms with Gasteiger partial charge in [-0.25, -0.2) is 0 Å². The lowest BCUT2D eigenvalue weighted by molar-refractivity contribution is -0.132. The molecule has 2 fully saturated rings. The van der Waals surface area contributed by atoms with Crippen molar-refractivity contribution in [2.45, 2.75) is 37.8 Å². The second-order valence-corrected chi connectivity index (χ2v) is 6.47. The van der Waals surface area contributed by atoms with E-state index in [1.807, 2.05) is 17.0 Å². The Hall–Kier alpha value is -1.90. The molecule has 3 rings (SSSR count). The highest BCUT2D eigenvalue weighted by Gasteiger charge is 2.33. The van der Waals surface area contributed by atoms with Gasteiger partial charge in [0.05, 0.1) is 24.2 Å². The molecule has 1 aliphatic heterocycles. The summed E-state index contributed by atoms with van der Waals surface area (Å²) in [5.41, 5.74) is 1.56. The summed E-state index contributed by atoms with van der Waals surface area (Å²) in [5, 5.41) is 18.8. The molecule has 2 unspecified atom stereocenters. The van der Waals surface area contributed by atoms with Crippen LogP contribution in [0.5, 0.6) is 0 Å². The summed E-state index contributed by atoms with van der Waals surface area (Å²) in [4.78, 5) is 16.7. The van der Waals surface area contributed by atoms with Crippen molar-refractivity contribution >= 4 is 5.91 Å². The van der Waals surface area contributed by atoms with Crippen LogP contribution in [0.25, 0.3) is 0 Å². The molecule has 5 heteroatoms. The molecule has 1 saturated carbocycles. The van der Waals surface area contributed by atoms with Gasteiger partial charge in [0.15, 0.2) is 0 Å². The van der Waals surface area contributed by atoms with E-state index in [9.17, 15) is 9.90 Å². The van der Waals surface area contributed by atoms with Crippen LogP contribution in [-0.2, 0) is 11.2 Å². The lowest BCUT2D eigenvalue weighted by Gasteiger charge is -2.39. The van der Waals surface area contributed by atoms with Crippen LogP contribution < -0.4 is 0 Å². The van der Waals surface area contributed by atoms with Gasteiger partial charge in [-0.2, -0.15) is 5.26 Å². The molecule has 0 radical (unpaired) electrons. The first-order chi connectivity index (χ1) is 11.2. The van der Waals surface area contributed by atoms with Crippen LogP contribution in [0.1, 0.15) is 30.4 Å². The van der Waals surface area contributed by atoms with Gasteiger partial charge in [0.1, 0.15) is 0 Å². The van der Waals surface area contributed by atoms with Gasteiger partial charge in [-0.3, -0.25) is 9.69 Å². The molecule has 23 heavy (non-hydrogen) atoms. The first-order valence-electron chi connectivity index (χ1n) is 8.36. The largest absolute Gasteiger partial charge is 0.391 e. The quantitative estimate of drug-likeness (QED) is 0.909. The summed E-state index contributed by atoms with van der Waals surface area (Å²) in [7, 11) is 0. The lowest BCUT2D eigenvalue weighted by atomic mass is 10.1. The highest BCUT2D eigenvalue weighted by Crippen LogP contribution is 2.25. The molecular weight excluding hydrogens is 290 g/mol. The number of carbonyl (C=O) groups excluding carboxylic acids is 1. The molecule has 0 aromatic heterocycles. The van der Waals surface area contributed by atoms with E-state index in [4.69, 9.17) is 5.26 Å². The summed E-state index contributed by atoms with van der Waals surface area (Å²) < 4.78 is 0. The summed E-state index contributed by atoms with van der Waals surface area (Å²) >= 11 is 0. The van der Waals surface area contributed by atoms with E-state index < -0.39 is 0 Å². The number of carbonyl (C=O) groups is 1. The summed E-state index contributed by atoms with van der Waals surface area (Å²) in [6, 6.07) is 9.57. The molecule has 1 N–H and O–H groups in total. The van der Waals surface area contributed by atoms with Crippen LogP contribution in [0.2, 0.25) is 0 Å². The van der Waals surface area contributed by atoms with Gasteiger partial charge in [-0.15, -0.1) is 0 Å². The van der Waals surface area contributed by atoms with Crippen molar-refractivity contribution in [3.05, 3.63) is 35.4 Å². The fraction of sp³-hybridized carbons (Fsp3) is 0.556. The maximum absolute atomic E-state index is 12.4. The zero-order valence-electron chi connectivity index (χ0n) is 13.3. The van der Waals surface area contributed by atoms with Crippen molar-refractivity contribution in [1.82, 2.24) is 9.80 Å². The first kappa shape index (κ1) is 16.0. The van der Waals surface area contributed by atoms with Crippen molar-refractivity contribution in [3.63, 3.8) is 0 Å². The molecule has 1 heterocycles. The number of nitrogens with zero attached hydrogens (tertiary/aromatic N) is 3. The molecular formula is C18H23N3O2. The van der Waals surface area contributed by atoms with E-state index in [0.717, 1.165) is 51.0 Å². The SMILES string of the molecule is N#Cc1ccc(CC(=O)N2CCN(C3CCCC3O)CC2)cc1. The van der Waals surface area contributed by atoms with E-state index in [0.29, 0.717) is 12.0 Å². The monoisotopic (exact) mass is 313 g/mol. The van der Waals surface area contributed by atoms with Gasteiger partial charge < -0.3 is 10.0 Å². The van der Waals surface area contributed by atoms with Crippen LogP contribution in [-0.4, -0.2) is 59.1 Å². The third-order valence-electron chi connectivity index (χ3n) is 5.02. The Morgan fingerprint density at radius 3 is 2.43 bits per heavy atom. The van der Waals surface area contributed by atoms with E-state index in [1.54, 1.807) is 12.1 Å². The smallest absolute Gasteiger partial charge is 0.227 e. The van der Waals surface area contributed by atoms with Gasteiger partial charge in [0.25, 0.3) is 0 Å². The summed E-state index contributed by atoms with van der Waals surface area (Å²) in [6.07, 6.45) is 3.26. The standard InChI is InChI=1S/C18H23N3O2/c19-13-15-6-4-14(5-7-15)12-18(23)21-10-8-20(9-11-21)16-2-1-3-17(16)22/h4-7,16-17,22H,1-3,8-12H2. The Morgan fingerprint density at radius 2 is 1.87 bits per heavy atom. The molecule has 2 aliphatic rings. The predicted octanol–water partition coefficient (Wildman–Crippen LogP) is 1.16. The van der Waals surface area contributed by atoms with Gasteiger partial charge in [0, 0.05) is 32.2 Å². The van der Waals surface area contributed by atoms with Crippen LogP contribution in [0, 0.1) is 11.3 Å². The number of piperazine rings is 1. The van der Waals surface area contributed by atoms with Crippen LogP contribution in [0.3, 0.4) is 0 Å². The van der Waals surface area contributed by atoms with Gasteiger partial charge in [-0.05, 0) is 37.0 Å². The minimum atomic E-state index is -0.198. The van der Waals surface area contributed by atoms with E-state index in [2.05, 4.69) is 11.0 Å².